The maximum absolute atomic E-state index is 19.3. The summed E-state index contributed by atoms with van der Waals surface area (Å²) in [6.07, 6.45) is 2.46. The lowest BCUT2D eigenvalue weighted by Gasteiger charge is -2.49. The van der Waals surface area contributed by atoms with Crippen LogP contribution in [0.1, 0.15) is 124 Å². The number of carbonyl (C=O) groups excluding carboxylic acids is 1. The van der Waals surface area contributed by atoms with E-state index in [1.807, 2.05) is 80.3 Å². The molecule has 6 atom stereocenters. The number of amides is 1. The third-order valence-corrected chi connectivity index (χ3v) is 25.5. The van der Waals surface area contributed by atoms with E-state index in [9.17, 15) is 4.79 Å². The number of piperazine rings is 1. The van der Waals surface area contributed by atoms with Crippen molar-refractivity contribution in [3.05, 3.63) is 106 Å². The molecule has 5 aliphatic rings. The first-order valence-corrected chi connectivity index (χ1v) is 32.3. The summed E-state index contributed by atoms with van der Waals surface area (Å²) in [5.74, 6) is 4.34. The van der Waals surface area contributed by atoms with Crippen molar-refractivity contribution in [1.29, 1.82) is 0 Å². The standard InChI is InChI=1S/C66H79ClF3N7O5Si/c1-38(2)83(39(3)4,40(5)6)29-26-49-51(69)24-18-44-31-53(74(33-42-14-20-47(79-11)21-15-42)34-43-16-22-48(80-12)23-17-43)71-59(54(44)49)56-57(67)50-30-41(7)61-52-25-19-46(77(52)64(78)82-65(8,9)10)36-76(61)62-55(50)60(58(56)70)72-63(73-62)81-37-66-27-13-28-75(66)35-45(68)32-66/h14-18,20-24,31,38-41,45-46,52,61H,13,19,25,27-28,30,32-37H2,1-12H3/t41-,45+,46+,52-,61-,66-/m0/s1. The van der Waals surface area contributed by atoms with Crippen molar-refractivity contribution in [2.75, 3.05) is 50.3 Å². The average Bonchev–Trinajstić information content (AvgIpc) is 2.14. The van der Waals surface area contributed by atoms with Crippen molar-refractivity contribution in [3.8, 4) is 40.2 Å². The van der Waals surface area contributed by atoms with E-state index in [0.717, 1.165) is 43.4 Å². The number of halogens is 4. The molecule has 2 aromatic heterocycles. The fourth-order valence-electron chi connectivity index (χ4n) is 15.1. The smallest absolute Gasteiger partial charge is 0.410 e. The first-order valence-electron chi connectivity index (χ1n) is 29.7. The Kier molecular flexibility index (Phi) is 15.9. The van der Waals surface area contributed by atoms with Gasteiger partial charge in [-0.15, -0.1) is 5.54 Å². The molecule has 0 spiro atoms. The monoisotopic (exact) mass is 1170 g/mol. The Labute approximate surface area is 493 Å². The molecule has 0 N–H and O–H groups in total. The lowest BCUT2D eigenvalue weighted by Crippen LogP contribution is -2.63. The summed E-state index contributed by atoms with van der Waals surface area (Å²) in [5.41, 5.74) is 5.96. The van der Waals surface area contributed by atoms with Gasteiger partial charge in [0.2, 0.25) is 0 Å². The van der Waals surface area contributed by atoms with E-state index in [-0.39, 0.29) is 86.7 Å². The Morgan fingerprint density at radius 1 is 0.880 bits per heavy atom. The largest absolute Gasteiger partial charge is 0.497 e. The number of fused-ring (bicyclic) bond motifs is 7. The first-order chi connectivity index (χ1) is 39.5. The predicted octanol–water partition coefficient (Wildman–Crippen LogP) is 14.7. The number of carbonyl (C=O) groups is 1. The van der Waals surface area contributed by atoms with Gasteiger partial charge >= 0.3 is 12.1 Å². The molecular formula is C66H79ClF3N7O5Si. The SMILES string of the molecule is COc1ccc(CN(Cc2ccc(OC)cc2)c2cc3ccc(F)c(C#C[Si](C(C)C)(C(C)C)C(C)C)c3c(-c3c(Cl)c4c5c(nc(OC[C@@]67CCCN6C[C@H](F)C7)nc5c3F)N3C[C@H]5CC[C@@H]([C@@H]3[C@@H](C)C4)N5C(=O)OC(C)(C)C)n2)cc1. The zero-order chi connectivity index (χ0) is 59.0. The van der Waals surface area contributed by atoms with Gasteiger partial charge in [-0.25, -0.2) is 22.9 Å². The zero-order valence-electron chi connectivity index (χ0n) is 50.1. The maximum Gasteiger partial charge on any atom is 0.410 e. The highest BCUT2D eigenvalue weighted by Gasteiger charge is 2.54. The van der Waals surface area contributed by atoms with Crippen LogP contribution in [0.5, 0.6) is 17.5 Å². The van der Waals surface area contributed by atoms with Gasteiger partial charge in [-0.2, -0.15) is 9.97 Å². The van der Waals surface area contributed by atoms with Crippen molar-refractivity contribution in [3.63, 3.8) is 0 Å². The van der Waals surface area contributed by atoms with Gasteiger partial charge in [0.05, 0.1) is 65.1 Å². The van der Waals surface area contributed by atoms with Crippen LogP contribution in [0.2, 0.25) is 21.6 Å². The summed E-state index contributed by atoms with van der Waals surface area (Å²) in [6.45, 7) is 23.4. The molecule has 5 aliphatic heterocycles. The summed E-state index contributed by atoms with van der Waals surface area (Å²) in [5, 5.41) is 1.48. The van der Waals surface area contributed by atoms with Gasteiger partial charge in [-0.05, 0) is 140 Å². The topological polar surface area (TPSA) is 106 Å². The maximum atomic E-state index is 19.3. The van der Waals surface area contributed by atoms with Gasteiger partial charge < -0.3 is 28.7 Å². The molecule has 0 aliphatic carbocycles. The second-order valence-electron chi connectivity index (χ2n) is 26.0. The van der Waals surface area contributed by atoms with E-state index in [1.54, 1.807) is 20.3 Å². The molecule has 83 heavy (non-hydrogen) atoms. The van der Waals surface area contributed by atoms with Crippen LogP contribution in [-0.4, -0.2) is 115 Å². The van der Waals surface area contributed by atoms with E-state index in [2.05, 4.69) is 74.6 Å². The van der Waals surface area contributed by atoms with E-state index in [1.165, 1.54) is 6.07 Å². The number of pyridine rings is 1. The first kappa shape index (κ1) is 58.5. The van der Waals surface area contributed by atoms with Crippen molar-refractivity contribution >= 4 is 59.1 Å². The van der Waals surface area contributed by atoms with Crippen molar-refractivity contribution in [2.45, 2.75) is 173 Å². The van der Waals surface area contributed by atoms with Gasteiger partial charge in [0.1, 0.15) is 60.9 Å². The molecule has 17 heteroatoms. The van der Waals surface area contributed by atoms with Crippen LogP contribution < -0.4 is 24.0 Å². The number of benzene rings is 4. The number of nitrogens with zero attached hydrogens (tertiary/aromatic N) is 7. The fraction of sp³-hybridized carbons (Fsp3) is 0.515. The zero-order valence-corrected chi connectivity index (χ0v) is 51.9. The Morgan fingerprint density at radius 3 is 2.14 bits per heavy atom. The van der Waals surface area contributed by atoms with Gasteiger partial charge in [0, 0.05) is 38.0 Å². The molecule has 0 saturated carbocycles. The Balaban J connectivity index is 1.17. The second kappa shape index (κ2) is 22.6. The molecule has 4 fully saturated rings. The van der Waals surface area contributed by atoms with Crippen molar-refractivity contribution in [1.82, 2.24) is 24.8 Å². The minimum Gasteiger partial charge on any atom is -0.497 e. The number of methoxy groups -OCH3 is 2. The number of aromatic nitrogens is 3. The van der Waals surface area contributed by atoms with Crippen LogP contribution >= 0.6 is 11.6 Å². The van der Waals surface area contributed by atoms with Crippen LogP contribution in [0.4, 0.5) is 29.6 Å². The normalized spacial score (nSPS) is 22.3. The third kappa shape index (κ3) is 10.6. The minimum atomic E-state index is -2.48. The average molecular weight is 1170 g/mol. The lowest BCUT2D eigenvalue weighted by molar-refractivity contribution is 0.00490. The summed E-state index contributed by atoms with van der Waals surface area (Å²) >= 11 is 8.00. The van der Waals surface area contributed by atoms with E-state index >= 15 is 13.2 Å². The van der Waals surface area contributed by atoms with Crippen LogP contribution in [0, 0.1) is 29.0 Å². The Bertz CT molecular complexity index is 3450. The van der Waals surface area contributed by atoms with Gasteiger partial charge in [-0.3, -0.25) is 9.80 Å². The second-order valence-corrected chi connectivity index (χ2v) is 31.9. The number of rotatable bonds is 14. The summed E-state index contributed by atoms with van der Waals surface area (Å²) in [6, 6.07) is 20.0. The molecule has 11 rings (SSSR count). The van der Waals surface area contributed by atoms with Crippen LogP contribution in [-0.2, 0) is 24.2 Å². The molecule has 4 aromatic carbocycles. The third-order valence-electron chi connectivity index (χ3n) is 18.8. The number of hydrogen-bond acceptors (Lipinski definition) is 11. The quantitative estimate of drug-likeness (QED) is 0.0769. The van der Waals surface area contributed by atoms with E-state index < -0.39 is 37.0 Å². The highest BCUT2D eigenvalue weighted by atomic mass is 35.5. The highest BCUT2D eigenvalue weighted by Crippen LogP contribution is 2.52. The molecule has 7 heterocycles. The molecule has 12 nitrogen and oxygen atoms in total. The minimum absolute atomic E-state index is 0.0201. The molecule has 4 saturated heterocycles. The molecule has 2 bridgehead atoms. The van der Waals surface area contributed by atoms with Gasteiger partial charge in [0.15, 0.2) is 5.82 Å². The highest BCUT2D eigenvalue weighted by molar-refractivity contribution is 6.90. The number of anilines is 2. The van der Waals surface area contributed by atoms with Gasteiger partial charge in [0.25, 0.3) is 0 Å². The molecule has 0 unspecified atom stereocenters. The summed E-state index contributed by atoms with van der Waals surface area (Å²) in [7, 11) is 0.785. The molecular weight excluding hydrogens is 1090 g/mol. The summed E-state index contributed by atoms with van der Waals surface area (Å²) in [4.78, 5) is 38.4. The van der Waals surface area contributed by atoms with E-state index in [4.69, 9.17) is 45.5 Å². The van der Waals surface area contributed by atoms with Crippen LogP contribution in [0.25, 0.3) is 32.9 Å². The lowest BCUT2D eigenvalue weighted by atomic mass is 9.86. The van der Waals surface area contributed by atoms with Gasteiger partial charge in [-0.1, -0.05) is 96.3 Å². The number of hydrogen-bond donors (Lipinski definition) is 0. The fourth-order valence-corrected chi connectivity index (χ4v) is 20.7. The number of alkyl halides is 1. The molecule has 0 radical (unpaired) electrons. The van der Waals surface area contributed by atoms with Crippen LogP contribution in [0.15, 0.2) is 66.7 Å². The molecule has 6 aromatic rings. The Morgan fingerprint density at radius 2 is 1.53 bits per heavy atom. The van der Waals surface area contributed by atoms with E-state index in [0.29, 0.717) is 83.9 Å². The van der Waals surface area contributed by atoms with Crippen LogP contribution in [0.3, 0.4) is 0 Å². The molecule has 440 valence electrons. The van der Waals surface area contributed by atoms with Crippen molar-refractivity contribution < 1.29 is 36.9 Å². The van der Waals surface area contributed by atoms with Crippen molar-refractivity contribution in [2.24, 2.45) is 5.92 Å². The molecule has 1 amide bonds. The predicted molar refractivity (Wildman–Crippen MR) is 326 cm³/mol. The number of ether oxygens (including phenoxy) is 4. The Hall–Kier alpha value is -6.28. The summed E-state index contributed by atoms with van der Waals surface area (Å²) < 4.78 is 75.8.